The van der Waals surface area contributed by atoms with E-state index in [9.17, 15) is 9.59 Å². The lowest BCUT2D eigenvalue weighted by molar-refractivity contribution is -0.123. The molecule has 0 aliphatic carbocycles. The van der Waals surface area contributed by atoms with Gasteiger partial charge in [-0.25, -0.2) is 9.78 Å². The van der Waals surface area contributed by atoms with Gasteiger partial charge >= 0.3 is 5.97 Å². The molecule has 26 heavy (non-hydrogen) atoms. The number of esters is 1. The monoisotopic (exact) mass is 370 g/mol. The molecule has 2 aromatic carbocycles. The fourth-order valence-corrected chi connectivity index (χ4v) is 3.20. The maximum absolute atomic E-state index is 12.3. The van der Waals surface area contributed by atoms with Gasteiger partial charge in [0, 0.05) is 11.8 Å². The highest BCUT2D eigenvalue weighted by molar-refractivity contribution is 7.16. The molecule has 1 aliphatic heterocycles. The van der Waals surface area contributed by atoms with Gasteiger partial charge in [-0.05, 0) is 37.3 Å². The molecule has 0 fully saturated rings. The molecule has 0 spiro atoms. The molecule has 0 radical (unpaired) electrons. The van der Waals surface area contributed by atoms with Crippen LogP contribution in [-0.2, 0) is 9.53 Å². The molecule has 132 valence electrons. The van der Waals surface area contributed by atoms with Crippen LogP contribution in [0.5, 0.6) is 11.5 Å². The van der Waals surface area contributed by atoms with Crippen molar-refractivity contribution >= 4 is 39.1 Å². The lowest BCUT2D eigenvalue weighted by Crippen LogP contribution is -2.30. The highest BCUT2D eigenvalue weighted by Gasteiger charge is 2.21. The average Bonchev–Trinajstić information content (AvgIpc) is 3.29. The minimum atomic E-state index is -0.954. The van der Waals surface area contributed by atoms with Crippen molar-refractivity contribution in [2.75, 3.05) is 12.1 Å². The van der Waals surface area contributed by atoms with Crippen LogP contribution in [0, 0.1) is 0 Å². The van der Waals surface area contributed by atoms with E-state index in [0.717, 1.165) is 10.2 Å². The molecule has 8 heteroatoms. The van der Waals surface area contributed by atoms with Crippen LogP contribution in [0.1, 0.15) is 17.3 Å². The first-order chi connectivity index (χ1) is 12.6. The van der Waals surface area contributed by atoms with Gasteiger partial charge in [0.25, 0.3) is 5.91 Å². The molecule has 0 unspecified atom stereocenters. The van der Waals surface area contributed by atoms with Crippen molar-refractivity contribution in [3.8, 4) is 11.5 Å². The number of benzene rings is 2. The summed E-state index contributed by atoms with van der Waals surface area (Å²) in [5, 5.41) is 2.69. The van der Waals surface area contributed by atoms with Crippen LogP contribution in [0.15, 0.2) is 41.9 Å². The molecule has 0 saturated carbocycles. The molecule has 0 saturated heterocycles. The molecule has 1 amide bonds. The number of carbonyl (C=O) groups excluding carboxylic acids is 2. The van der Waals surface area contributed by atoms with E-state index in [2.05, 4.69) is 10.3 Å². The van der Waals surface area contributed by atoms with Gasteiger partial charge in [0.05, 0.1) is 21.3 Å². The summed E-state index contributed by atoms with van der Waals surface area (Å²) in [6, 6.07) is 10.1. The molecular formula is C18H14N2O5S. The summed E-state index contributed by atoms with van der Waals surface area (Å²) in [6.45, 7) is 1.68. The standard InChI is InChI=1S/C18H14N2O5S/c1-10(17(21)20-12-3-5-14-15(7-12)24-9-23-14)25-18(22)11-2-4-13-16(6-11)26-8-19-13/h2-8,10H,9H2,1H3,(H,20,21)/t10-/m1/s1. The Bertz CT molecular complexity index is 1000. The van der Waals surface area contributed by atoms with Crippen molar-refractivity contribution in [1.29, 1.82) is 0 Å². The van der Waals surface area contributed by atoms with Crippen LogP contribution < -0.4 is 14.8 Å². The normalized spacial score (nSPS) is 13.4. The van der Waals surface area contributed by atoms with Crippen LogP contribution in [0.25, 0.3) is 10.2 Å². The Kier molecular flexibility index (Phi) is 4.18. The third-order valence-corrected chi connectivity index (χ3v) is 4.65. The molecule has 0 bridgehead atoms. The van der Waals surface area contributed by atoms with Crippen molar-refractivity contribution in [3.05, 3.63) is 47.5 Å². The van der Waals surface area contributed by atoms with E-state index in [-0.39, 0.29) is 6.79 Å². The summed E-state index contributed by atoms with van der Waals surface area (Å²) in [7, 11) is 0. The van der Waals surface area contributed by atoms with Gasteiger partial charge in [-0.1, -0.05) is 0 Å². The number of fused-ring (bicyclic) bond motifs is 2. The van der Waals surface area contributed by atoms with Crippen molar-refractivity contribution in [2.24, 2.45) is 0 Å². The second-order valence-corrected chi connectivity index (χ2v) is 6.53. The molecule has 1 N–H and O–H groups in total. The predicted octanol–water partition coefficient (Wildman–Crippen LogP) is 3.21. The van der Waals surface area contributed by atoms with E-state index < -0.39 is 18.0 Å². The zero-order valence-electron chi connectivity index (χ0n) is 13.7. The van der Waals surface area contributed by atoms with Gasteiger partial charge in [-0.3, -0.25) is 4.79 Å². The largest absolute Gasteiger partial charge is 0.454 e. The number of hydrogen-bond donors (Lipinski definition) is 1. The number of hydrogen-bond acceptors (Lipinski definition) is 7. The number of ether oxygens (including phenoxy) is 3. The molecule has 1 aromatic heterocycles. The Morgan fingerprint density at radius 1 is 1.19 bits per heavy atom. The summed E-state index contributed by atoms with van der Waals surface area (Å²) in [4.78, 5) is 28.7. The van der Waals surface area contributed by atoms with Crippen LogP contribution in [0.3, 0.4) is 0 Å². The Labute approximate surface area is 152 Å². The van der Waals surface area contributed by atoms with Crippen molar-refractivity contribution < 1.29 is 23.8 Å². The molecule has 4 rings (SSSR count). The van der Waals surface area contributed by atoms with Gasteiger partial charge in [-0.2, -0.15) is 0 Å². The zero-order valence-corrected chi connectivity index (χ0v) is 14.5. The minimum Gasteiger partial charge on any atom is -0.454 e. The molecule has 2 heterocycles. The number of nitrogens with one attached hydrogen (secondary N) is 1. The number of nitrogens with zero attached hydrogens (tertiary/aromatic N) is 1. The van der Waals surface area contributed by atoms with Gasteiger partial charge < -0.3 is 19.5 Å². The highest BCUT2D eigenvalue weighted by Crippen LogP contribution is 2.34. The molecule has 3 aromatic rings. The van der Waals surface area contributed by atoms with E-state index in [1.165, 1.54) is 18.3 Å². The van der Waals surface area contributed by atoms with Crippen molar-refractivity contribution in [1.82, 2.24) is 4.98 Å². The van der Waals surface area contributed by atoms with E-state index in [4.69, 9.17) is 14.2 Å². The van der Waals surface area contributed by atoms with E-state index in [1.807, 2.05) is 0 Å². The fraction of sp³-hybridized carbons (Fsp3) is 0.167. The summed E-state index contributed by atoms with van der Waals surface area (Å²) in [5.74, 6) is 0.191. The first-order valence-electron chi connectivity index (χ1n) is 7.85. The summed E-state index contributed by atoms with van der Waals surface area (Å²) in [6.07, 6.45) is -0.954. The first-order valence-corrected chi connectivity index (χ1v) is 8.73. The Morgan fingerprint density at radius 3 is 2.92 bits per heavy atom. The third-order valence-electron chi connectivity index (χ3n) is 3.86. The maximum atomic E-state index is 12.3. The van der Waals surface area contributed by atoms with Crippen LogP contribution in [-0.4, -0.2) is 29.8 Å². The zero-order chi connectivity index (χ0) is 18.1. The summed E-state index contributed by atoms with van der Waals surface area (Å²) in [5.41, 5.74) is 3.44. The number of thiazole rings is 1. The smallest absolute Gasteiger partial charge is 0.338 e. The fourth-order valence-electron chi connectivity index (χ4n) is 2.48. The summed E-state index contributed by atoms with van der Waals surface area (Å²) >= 11 is 1.44. The number of amides is 1. The second kappa shape index (κ2) is 6.64. The summed E-state index contributed by atoms with van der Waals surface area (Å²) < 4.78 is 16.6. The van der Waals surface area contributed by atoms with E-state index in [1.54, 1.807) is 41.9 Å². The van der Waals surface area contributed by atoms with Gasteiger partial charge in [0.1, 0.15) is 0 Å². The molecule has 1 atom stereocenters. The quantitative estimate of drug-likeness (QED) is 0.710. The average molecular weight is 370 g/mol. The lowest BCUT2D eigenvalue weighted by Gasteiger charge is -2.14. The third kappa shape index (κ3) is 3.18. The van der Waals surface area contributed by atoms with Gasteiger partial charge in [0.2, 0.25) is 6.79 Å². The Balaban J connectivity index is 1.41. The van der Waals surface area contributed by atoms with Gasteiger partial charge in [-0.15, -0.1) is 11.3 Å². The van der Waals surface area contributed by atoms with Crippen LogP contribution >= 0.6 is 11.3 Å². The maximum Gasteiger partial charge on any atom is 0.338 e. The number of rotatable bonds is 4. The minimum absolute atomic E-state index is 0.158. The molecule has 1 aliphatic rings. The van der Waals surface area contributed by atoms with E-state index >= 15 is 0 Å². The number of anilines is 1. The first kappa shape index (κ1) is 16.3. The highest BCUT2D eigenvalue weighted by atomic mass is 32.1. The second-order valence-electron chi connectivity index (χ2n) is 5.64. The topological polar surface area (TPSA) is 86.8 Å². The van der Waals surface area contributed by atoms with Gasteiger partial charge in [0.15, 0.2) is 17.6 Å². The SMILES string of the molecule is C[C@@H](OC(=O)c1ccc2ncsc2c1)C(=O)Nc1ccc2c(c1)OCO2. The van der Waals surface area contributed by atoms with Crippen LogP contribution in [0.2, 0.25) is 0 Å². The Hall–Kier alpha value is -3.13. The van der Waals surface area contributed by atoms with E-state index in [0.29, 0.717) is 22.7 Å². The molecule has 7 nitrogen and oxygen atoms in total. The predicted molar refractivity (Wildman–Crippen MR) is 95.7 cm³/mol. The Morgan fingerprint density at radius 2 is 2.04 bits per heavy atom. The van der Waals surface area contributed by atoms with Crippen LogP contribution in [0.4, 0.5) is 5.69 Å². The lowest BCUT2D eigenvalue weighted by atomic mass is 10.2. The van der Waals surface area contributed by atoms with Crippen molar-refractivity contribution in [2.45, 2.75) is 13.0 Å². The van der Waals surface area contributed by atoms with Crippen molar-refractivity contribution in [3.63, 3.8) is 0 Å². The number of aromatic nitrogens is 1. The molecular weight excluding hydrogens is 356 g/mol. The number of carbonyl (C=O) groups is 2.